The third kappa shape index (κ3) is 5.91. The predicted octanol–water partition coefficient (Wildman–Crippen LogP) is 3.74. The molecule has 0 aliphatic heterocycles. The van der Waals surface area contributed by atoms with Crippen LogP contribution in [0.15, 0.2) is 42.5 Å². The Bertz CT molecular complexity index is 721. The highest BCUT2D eigenvalue weighted by atomic mass is 35.5. The van der Waals surface area contributed by atoms with Gasteiger partial charge in [0.25, 0.3) is 0 Å². The van der Waals surface area contributed by atoms with E-state index in [0.717, 1.165) is 18.2 Å². The highest BCUT2D eigenvalue weighted by molar-refractivity contribution is 5.92. The van der Waals surface area contributed by atoms with Gasteiger partial charge >= 0.3 is 6.18 Å². The summed E-state index contributed by atoms with van der Waals surface area (Å²) in [5.74, 6) is -1.06. The first kappa shape index (κ1) is 20.7. The molecule has 0 heterocycles. The van der Waals surface area contributed by atoms with Crippen LogP contribution in [0.4, 0.5) is 23.2 Å². The first-order chi connectivity index (χ1) is 11.3. The average molecular weight is 379 g/mol. The minimum absolute atomic E-state index is 0. The monoisotopic (exact) mass is 378 g/mol. The van der Waals surface area contributed by atoms with Gasteiger partial charge in [-0.15, -0.1) is 12.4 Å². The number of carbonyl (C=O) groups is 1. The number of benzene rings is 2. The van der Waals surface area contributed by atoms with Crippen molar-refractivity contribution in [1.29, 1.82) is 0 Å². The van der Waals surface area contributed by atoms with E-state index in [2.05, 4.69) is 5.32 Å². The van der Waals surface area contributed by atoms with Gasteiger partial charge in [-0.2, -0.15) is 13.2 Å². The Hall–Kier alpha value is -2.32. The van der Waals surface area contributed by atoms with Gasteiger partial charge in [0.15, 0.2) is 0 Å². The van der Waals surface area contributed by atoms with Crippen molar-refractivity contribution in [3.63, 3.8) is 0 Å². The molecule has 0 radical (unpaired) electrons. The van der Waals surface area contributed by atoms with Gasteiger partial charge in [0.1, 0.15) is 18.2 Å². The maximum Gasteiger partial charge on any atom is 0.416 e. The summed E-state index contributed by atoms with van der Waals surface area (Å²) in [6.45, 7) is -0.294. The molecule has 0 atom stereocenters. The van der Waals surface area contributed by atoms with E-state index in [1.807, 2.05) is 0 Å². The Kier molecular flexibility index (Phi) is 7.20. The van der Waals surface area contributed by atoms with Crippen molar-refractivity contribution < 1.29 is 27.1 Å². The van der Waals surface area contributed by atoms with Gasteiger partial charge in [-0.3, -0.25) is 4.79 Å². The van der Waals surface area contributed by atoms with E-state index in [4.69, 9.17) is 10.5 Å². The van der Waals surface area contributed by atoms with Crippen molar-refractivity contribution in [3.05, 3.63) is 59.4 Å². The van der Waals surface area contributed by atoms with E-state index >= 15 is 0 Å². The normalized spacial score (nSPS) is 10.8. The van der Waals surface area contributed by atoms with Crippen LogP contribution in [-0.4, -0.2) is 12.5 Å². The van der Waals surface area contributed by atoms with Crippen LogP contribution >= 0.6 is 12.4 Å². The summed E-state index contributed by atoms with van der Waals surface area (Å²) in [6, 6.07) is 8.28. The summed E-state index contributed by atoms with van der Waals surface area (Å²) in [5, 5.41) is 2.28. The quantitative estimate of drug-likeness (QED) is 0.779. The number of alkyl halides is 3. The number of hydrogen-bond donors (Lipinski definition) is 2. The second-order valence-electron chi connectivity index (χ2n) is 4.88. The van der Waals surface area contributed by atoms with Crippen LogP contribution in [0.3, 0.4) is 0 Å². The molecule has 0 aliphatic rings. The van der Waals surface area contributed by atoms with Crippen molar-refractivity contribution in [1.82, 2.24) is 0 Å². The first-order valence-electron chi connectivity index (χ1n) is 6.88. The van der Waals surface area contributed by atoms with Gasteiger partial charge in [0, 0.05) is 6.07 Å². The van der Waals surface area contributed by atoms with Crippen LogP contribution in [0.1, 0.15) is 11.1 Å². The summed E-state index contributed by atoms with van der Waals surface area (Å²) in [4.78, 5) is 11.1. The van der Waals surface area contributed by atoms with E-state index in [0.29, 0.717) is 5.56 Å². The van der Waals surface area contributed by atoms with Gasteiger partial charge in [-0.1, -0.05) is 12.1 Å². The molecule has 0 unspecified atom stereocenters. The number of hydrogen-bond acceptors (Lipinski definition) is 3. The third-order valence-corrected chi connectivity index (χ3v) is 3.09. The molecule has 1 amide bonds. The minimum atomic E-state index is -4.40. The largest absolute Gasteiger partial charge is 0.489 e. The number of rotatable bonds is 5. The molecule has 0 saturated carbocycles. The summed E-state index contributed by atoms with van der Waals surface area (Å²) in [7, 11) is 0. The number of amides is 1. The molecule has 9 heteroatoms. The Morgan fingerprint density at radius 3 is 2.28 bits per heavy atom. The second kappa shape index (κ2) is 8.68. The van der Waals surface area contributed by atoms with Gasteiger partial charge in [-0.25, -0.2) is 4.39 Å². The Labute approximate surface area is 147 Å². The lowest BCUT2D eigenvalue weighted by molar-refractivity contribution is -0.137. The highest BCUT2D eigenvalue weighted by Crippen LogP contribution is 2.29. The van der Waals surface area contributed by atoms with Crippen LogP contribution in [0, 0.1) is 5.82 Å². The topological polar surface area (TPSA) is 64.4 Å². The summed E-state index contributed by atoms with van der Waals surface area (Å²) in [5.41, 5.74) is 4.84. The fourth-order valence-electron chi connectivity index (χ4n) is 1.84. The second-order valence-corrected chi connectivity index (χ2v) is 4.88. The predicted molar refractivity (Wildman–Crippen MR) is 87.1 cm³/mol. The van der Waals surface area contributed by atoms with Gasteiger partial charge in [0.05, 0.1) is 17.8 Å². The van der Waals surface area contributed by atoms with E-state index in [1.165, 1.54) is 24.3 Å². The van der Waals surface area contributed by atoms with Crippen molar-refractivity contribution in [2.45, 2.75) is 12.8 Å². The van der Waals surface area contributed by atoms with E-state index in [-0.39, 0.29) is 37.0 Å². The molecule has 136 valence electrons. The third-order valence-electron chi connectivity index (χ3n) is 3.09. The maximum absolute atomic E-state index is 13.8. The fraction of sp³-hybridized carbons (Fsp3) is 0.188. The fourth-order valence-corrected chi connectivity index (χ4v) is 1.84. The molecule has 0 spiro atoms. The lowest BCUT2D eigenvalue weighted by Crippen LogP contribution is -2.22. The number of anilines is 1. The molecule has 3 N–H and O–H groups in total. The average Bonchev–Trinajstić information content (AvgIpc) is 2.54. The molecule has 0 aliphatic carbocycles. The summed E-state index contributed by atoms with van der Waals surface area (Å²) in [6.07, 6.45) is -4.40. The molecule has 0 bridgehead atoms. The summed E-state index contributed by atoms with van der Waals surface area (Å²) < 4.78 is 56.5. The molecular weight excluding hydrogens is 364 g/mol. The number of nitrogens with two attached hydrogens (primary N) is 1. The Morgan fingerprint density at radius 2 is 1.76 bits per heavy atom. The first-order valence-corrected chi connectivity index (χ1v) is 6.88. The summed E-state index contributed by atoms with van der Waals surface area (Å²) >= 11 is 0. The minimum Gasteiger partial charge on any atom is -0.489 e. The molecule has 0 saturated heterocycles. The highest BCUT2D eigenvalue weighted by Gasteiger charge is 2.29. The zero-order valence-electron chi connectivity index (χ0n) is 12.8. The van der Waals surface area contributed by atoms with E-state index < -0.39 is 23.5 Å². The molecule has 25 heavy (non-hydrogen) atoms. The SMILES string of the molecule is Cl.NCC(=O)Nc1ccc(OCc2ccc(C(F)(F)F)cc2)cc1F. The van der Waals surface area contributed by atoms with Crippen molar-refractivity contribution >= 4 is 24.0 Å². The molecule has 0 fully saturated rings. The molecule has 4 nitrogen and oxygen atoms in total. The molecule has 2 aromatic rings. The zero-order chi connectivity index (χ0) is 17.7. The van der Waals surface area contributed by atoms with Crippen molar-refractivity contribution in [2.24, 2.45) is 5.73 Å². The van der Waals surface area contributed by atoms with Crippen LogP contribution < -0.4 is 15.8 Å². The molecule has 2 rings (SSSR count). The number of ether oxygens (including phenoxy) is 1. The van der Waals surface area contributed by atoms with E-state index in [9.17, 15) is 22.4 Å². The standard InChI is InChI=1S/C16H14F4N2O2.ClH/c17-13-7-12(5-6-14(13)22-15(23)8-21)24-9-10-1-3-11(4-2-10)16(18,19)20;/h1-7H,8-9,21H2,(H,22,23);1H. The number of halogens is 5. The van der Waals surface area contributed by atoms with E-state index in [1.54, 1.807) is 0 Å². The molecular formula is C16H15ClF4N2O2. The molecule has 0 aromatic heterocycles. The van der Waals surface area contributed by atoms with Gasteiger partial charge in [-0.05, 0) is 29.8 Å². The van der Waals surface area contributed by atoms with Gasteiger partial charge in [0.2, 0.25) is 5.91 Å². The van der Waals surface area contributed by atoms with Crippen molar-refractivity contribution in [2.75, 3.05) is 11.9 Å². The van der Waals surface area contributed by atoms with Crippen molar-refractivity contribution in [3.8, 4) is 5.75 Å². The number of nitrogens with one attached hydrogen (secondary N) is 1. The maximum atomic E-state index is 13.8. The van der Waals surface area contributed by atoms with Gasteiger partial charge < -0.3 is 15.8 Å². The smallest absolute Gasteiger partial charge is 0.416 e. The molecule has 2 aromatic carbocycles. The van der Waals surface area contributed by atoms with Crippen LogP contribution in [0.2, 0.25) is 0 Å². The lowest BCUT2D eigenvalue weighted by Gasteiger charge is -2.10. The Balaban J connectivity index is 0.00000312. The zero-order valence-corrected chi connectivity index (χ0v) is 13.6. The number of carbonyl (C=O) groups excluding carboxylic acids is 1. The van der Waals surface area contributed by atoms with Crippen LogP contribution in [0.25, 0.3) is 0 Å². The lowest BCUT2D eigenvalue weighted by atomic mass is 10.1. The van der Waals surface area contributed by atoms with Crippen LogP contribution in [0.5, 0.6) is 5.75 Å². The Morgan fingerprint density at radius 1 is 1.12 bits per heavy atom. The van der Waals surface area contributed by atoms with Crippen LogP contribution in [-0.2, 0) is 17.6 Å².